The van der Waals surface area contributed by atoms with Gasteiger partial charge in [-0.1, -0.05) is 15.9 Å². The van der Waals surface area contributed by atoms with Crippen molar-refractivity contribution in [2.45, 2.75) is 26.5 Å². The first kappa shape index (κ1) is 14.6. The molecule has 1 heterocycles. The van der Waals surface area contributed by atoms with Gasteiger partial charge in [0, 0.05) is 10.5 Å². The summed E-state index contributed by atoms with van der Waals surface area (Å²) in [7, 11) is 0. The Labute approximate surface area is 125 Å². The van der Waals surface area contributed by atoms with Gasteiger partial charge in [0.1, 0.15) is 17.9 Å². The third-order valence-corrected chi connectivity index (χ3v) is 3.35. The molecule has 0 atom stereocenters. The Bertz CT molecular complexity index is 623. The van der Waals surface area contributed by atoms with Crippen molar-refractivity contribution in [3.63, 3.8) is 0 Å². The predicted octanol–water partition coefficient (Wildman–Crippen LogP) is 3.50. The van der Waals surface area contributed by atoms with Crippen molar-refractivity contribution in [3.05, 3.63) is 46.5 Å². The van der Waals surface area contributed by atoms with E-state index in [0.29, 0.717) is 5.75 Å². The first-order valence-electron chi connectivity index (χ1n) is 6.15. The Hall–Kier alpha value is -1.82. The minimum atomic E-state index is -1.01. The van der Waals surface area contributed by atoms with Gasteiger partial charge in [-0.15, -0.1) is 0 Å². The maximum Gasteiger partial charge on any atom is 0.339 e. The number of halogens is 1. The zero-order valence-electron chi connectivity index (χ0n) is 11.2. The van der Waals surface area contributed by atoms with Gasteiger partial charge < -0.3 is 14.4 Å². The standard InChI is InChI=1S/C14H15BrN2O3/c1-9(2)17-8-16-6-11(17)7-20-13-5-10(15)3-4-12(13)14(18)19/h3-6,8-9H,7H2,1-2H3,(H,18,19). The maximum atomic E-state index is 11.2. The Morgan fingerprint density at radius 2 is 2.25 bits per heavy atom. The van der Waals surface area contributed by atoms with E-state index in [2.05, 4.69) is 20.9 Å². The van der Waals surface area contributed by atoms with E-state index in [4.69, 9.17) is 9.84 Å². The summed E-state index contributed by atoms with van der Waals surface area (Å²) in [4.78, 5) is 15.2. The minimum Gasteiger partial charge on any atom is -0.486 e. The molecule has 0 spiro atoms. The van der Waals surface area contributed by atoms with Crippen LogP contribution in [0.2, 0.25) is 0 Å². The van der Waals surface area contributed by atoms with E-state index in [1.165, 1.54) is 6.07 Å². The lowest BCUT2D eigenvalue weighted by Crippen LogP contribution is -2.09. The Morgan fingerprint density at radius 3 is 2.90 bits per heavy atom. The topological polar surface area (TPSA) is 64.4 Å². The lowest BCUT2D eigenvalue weighted by molar-refractivity contribution is 0.0691. The molecule has 1 aromatic carbocycles. The molecule has 2 rings (SSSR count). The number of benzene rings is 1. The van der Waals surface area contributed by atoms with Crippen molar-refractivity contribution in [2.24, 2.45) is 0 Å². The molecule has 0 unspecified atom stereocenters. The van der Waals surface area contributed by atoms with Crippen LogP contribution in [0.5, 0.6) is 5.75 Å². The molecule has 0 aliphatic carbocycles. The number of hydrogen-bond acceptors (Lipinski definition) is 3. The lowest BCUT2D eigenvalue weighted by Gasteiger charge is -2.13. The molecule has 106 valence electrons. The quantitative estimate of drug-likeness (QED) is 0.905. The smallest absolute Gasteiger partial charge is 0.339 e. The average molecular weight is 339 g/mol. The molecule has 0 bridgehead atoms. The van der Waals surface area contributed by atoms with E-state index in [-0.39, 0.29) is 18.2 Å². The van der Waals surface area contributed by atoms with Crippen molar-refractivity contribution in [1.82, 2.24) is 9.55 Å². The molecule has 1 aromatic heterocycles. The lowest BCUT2D eigenvalue weighted by atomic mass is 10.2. The summed E-state index contributed by atoms with van der Waals surface area (Å²) in [6.07, 6.45) is 3.46. The summed E-state index contributed by atoms with van der Waals surface area (Å²) in [5, 5.41) is 9.14. The third kappa shape index (κ3) is 3.19. The zero-order chi connectivity index (χ0) is 14.7. The number of carboxylic acid groups (broad SMARTS) is 1. The number of rotatable bonds is 5. The summed E-state index contributed by atoms with van der Waals surface area (Å²) >= 11 is 3.31. The molecule has 0 saturated carbocycles. The number of carboxylic acids is 1. The van der Waals surface area contributed by atoms with Gasteiger partial charge in [-0.05, 0) is 32.0 Å². The van der Waals surface area contributed by atoms with Gasteiger partial charge in [-0.3, -0.25) is 0 Å². The molecule has 1 N–H and O–H groups in total. The first-order valence-corrected chi connectivity index (χ1v) is 6.94. The molecule has 0 fully saturated rings. The monoisotopic (exact) mass is 338 g/mol. The Morgan fingerprint density at radius 1 is 1.50 bits per heavy atom. The maximum absolute atomic E-state index is 11.2. The van der Waals surface area contributed by atoms with Gasteiger partial charge in [0.15, 0.2) is 0 Å². The highest BCUT2D eigenvalue weighted by molar-refractivity contribution is 9.10. The van der Waals surface area contributed by atoms with Crippen LogP contribution in [0.15, 0.2) is 35.2 Å². The van der Waals surface area contributed by atoms with Crippen molar-refractivity contribution in [1.29, 1.82) is 0 Å². The molecule has 6 heteroatoms. The average Bonchev–Trinajstić information content (AvgIpc) is 2.84. The van der Waals surface area contributed by atoms with Crippen molar-refractivity contribution in [2.75, 3.05) is 0 Å². The molecule has 20 heavy (non-hydrogen) atoms. The molecule has 0 aliphatic rings. The van der Waals surface area contributed by atoms with Gasteiger partial charge in [0.2, 0.25) is 0 Å². The van der Waals surface area contributed by atoms with Gasteiger partial charge >= 0.3 is 5.97 Å². The Kier molecular flexibility index (Phi) is 4.44. The van der Waals surface area contributed by atoms with Crippen LogP contribution in [0, 0.1) is 0 Å². The summed E-state index contributed by atoms with van der Waals surface area (Å²) in [5.74, 6) is -0.673. The predicted molar refractivity (Wildman–Crippen MR) is 78.0 cm³/mol. The number of nitrogens with zero attached hydrogens (tertiary/aromatic N) is 2. The normalized spacial score (nSPS) is 10.8. The molecule has 2 aromatic rings. The largest absolute Gasteiger partial charge is 0.486 e. The number of imidazole rings is 1. The fraction of sp³-hybridized carbons (Fsp3) is 0.286. The van der Waals surface area contributed by atoms with Crippen molar-refractivity contribution in [3.8, 4) is 5.75 Å². The molecular weight excluding hydrogens is 324 g/mol. The molecule has 0 amide bonds. The molecular formula is C14H15BrN2O3. The molecule has 0 radical (unpaired) electrons. The van der Waals surface area contributed by atoms with Crippen LogP contribution in [-0.4, -0.2) is 20.6 Å². The van der Waals surface area contributed by atoms with Crippen LogP contribution in [0.1, 0.15) is 35.9 Å². The number of aromatic carboxylic acids is 1. The SMILES string of the molecule is CC(C)n1cncc1COc1cc(Br)ccc1C(=O)O. The van der Waals surface area contributed by atoms with Crippen LogP contribution < -0.4 is 4.74 Å². The third-order valence-electron chi connectivity index (χ3n) is 2.85. The first-order chi connectivity index (χ1) is 9.49. The summed E-state index contributed by atoms with van der Waals surface area (Å²) in [5.41, 5.74) is 1.04. The summed E-state index contributed by atoms with van der Waals surface area (Å²) < 4.78 is 8.40. The number of ether oxygens (including phenoxy) is 1. The van der Waals surface area contributed by atoms with Gasteiger partial charge in [0.25, 0.3) is 0 Å². The number of aromatic nitrogens is 2. The highest BCUT2D eigenvalue weighted by atomic mass is 79.9. The summed E-state index contributed by atoms with van der Waals surface area (Å²) in [6, 6.07) is 5.12. The van der Waals surface area contributed by atoms with Crippen LogP contribution in [-0.2, 0) is 6.61 Å². The summed E-state index contributed by atoms with van der Waals surface area (Å²) in [6.45, 7) is 4.37. The molecule has 0 aliphatic heterocycles. The Balaban J connectivity index is 2.20. The highest BCUT2D eigenvalue weighted by Crippen LogP contribution is 2.25. The van der Waals surface area contributed by atoms with Crippen molar-refractivity contribution >= 4 is 21.9 Å². The van der Waals surface area contributed by atoms with E-state index in [1.807, 2.05) is 18.4 Å². The van der Waals surface area contributed by atoms with Crippen LogP contribution in [0.25, 0.3) is 0 Å². The second-order valence-electron chi connectivity index (χ2n) is 4.62. The highest BCUT2D eigenvalue weighted by Gasteiger charge is 2.13. The van der Waals surface area contributed by atoms with E-state index in [0.717, 1.165) is 10.2 Å². The van der Waals surface area contributed by atoms with E-state index in [9.17, 15) is 4.79 Å². The van der Waals surface area contributed by atoms with Crippen LogP contribution >= 0.6 is 15.9 Å². The van der Waals surface area contributed by atoms with Gasteiger partial charge in [0.05, 0.1) is 18.2 Å². The zero-order valence-corrected chi connectivity index (χ0v) is 12.8. The fourth-order valence-electron chi connectivity index (χ4n) is 1.85. The van der Waals surface area contributed by atoms with Crippen LogP contribution in [0.4, 0.5) is 0 Å². The second kappa shape index (κ2) is 6.09. The van der Waals surface area contributed by atoms with Gasteiger partial charge in [-0.25, -0.2) is 9.78 Å². The minimum absolute atomic E-state index is 0.142. The van der Waals surface area contributed by atoms with Crippen LogP contribution in [0.3, 0.4) is 0 Å². The second-order valence-corrected chi connectivity index (χ2v) is 5.54. The van der Waals surface area contributed by atoms with E-state index < -0.39 is 5.97 Å². The van der Waals surface area contributed by atoms with E-state index in [1.54, 1.807) is 24.7 Å². The van der Waals surface area contributed by atoms with Crippen molar-refractivity contribution < 1.29 is 14.6 Å². The fourth-order valence-corrected chi connectivity index (χ4v) is 2.19. The number of hydrogen-bond donors (Lipinski definition) is 1. The molecule has 5 nitrogen and oxygen atoms in total. The number of carbonyl (C=O) groups is 1. The van der Waals surface area contributed by atoms with E-state index >= 15 is 0 Å². The van der Waals surface area contributed by atoms with Gasteiger partial charge in [-0.2, -0.15) is 0 Å². The molecule has 0 saturated heterocycles.